The van der Waals surface area contributed by atoms with Crippen LogP contribution in [-0.2, 0) is 4.79 Å². The summed E-state index contributed by atoms with van der Waals surface area (Å²) in [6.45, 7) is 3.07. The molecule has 1 aliphatic heterocycles. The molecule has 0 spiro atoms. The van der Waals surface area contributed by atoms with Gasteiger partial charge in [-0.15, -0.1) is 0 Å². The van der Waals surface area contributed by atoms with E-state index in [1.54, 1.807) is 6.20 Å². The van der Waals surface area contributed by atoms with Crippen LogP contribution < -0.4 is 10.2 Å². The lowest BCUT2D eigenvalue weighted by atomic mass is 10.1. The van der Waals surface area contributed by atoms with Crippen molar-refractivity contribution in [2.24, 2.45) is 0 Å². The second kappa shape index (κ2) is 4.02. The Kier molecular flexibility index (Phi) is 2.73. The maximum absolute atomic E-state index is 10.8. The summed E-state index contributed by atoms with van der Waals surface area (Å²) in [6.07, 6.45) is 3.15. The molecule has 1 N–H and O–H groups in total. The summed E-state index contributed by atoms with van der Waals surface area (Å²) in [5.41, 5.74) is 0. The molecule has 15 heavy (non-hydrogen) atoms. The molecule has 2 rings (SSSR count). The third kappa shape index (κ3) is 2.36. The van der Waals surface area contributed by atoms with E-state index in [2.05, 4.69) is 15.3 Å². The van der Waals surface area contributed by atoms with Crippen LogP contribution in [0, 0.1) is 0 Å². The fourth-order valence-electron chi connectivity index (χ4n) is 1.51. The highest BCUT2D eigenvalue weighted by atomic mass is 35.5. The molecular formula is C9H11ClN4O. The number of amides is 1. The van der Waals surface area contributed by atoms with Crippen molar-refractivity contribution in [1.29, 1.82) is 0 Å². The summed E-state index contributed by atoms with van der Waals surface area (Å²) < 4.78 is 0. The number of nitrogens with zero attached hydrogens (tertiary/aromatic N) is 3. The van der Waals surface area contributed by atoms with Gasteiger partial charge < -0.3 is 10.2 Å². The van der Waals surface area contributed by atoms with Gasteiger partial charge in [0.05, 0.1) is 18.4 Å². The monoisotopic (exact) mass is 226 g/mol. The van der Waals surface area contributed by atoms with Gasteiger partial charge in [0.25, 0.3) is 0 Å². The SMILES string of the molecule is CC(=O)NC1CN(c2cnc(Cl)cn2)C1. The lowest BCUT2D eigenvalue weighted by Gasteiger charge is -2.39. The molecule has 1 aromatic rings. The zero-order valence-corrected chi connectivity index (χ0v) is 9.03. The summed E-state index contributed by atoms with van der Waals surface area (Å²) in [4.78, 5) is 20.9. The number of hydrogen-bond acceptors (Lipinski definition) is 4. The highest BCUT2D eigenvalue weighted by molar-refractivity contribution is 6.29. The number of carbonyl (C=O) groups is 1. The molecule has 6 heteroatoms. The van der Waals surface area contributed by atoms with E-state index in [9.17, 15) is 4.79 Å². The van der Waals surface area contributed by atoms with Gasteiger partial charge in [-0.05, 0) is 0 Å². The molecule has 1 aliphatic rings. The fraction of sp³-hybridized carbons (Fsp3) is 0.444. The van der Waals surface area contributed by atoms with Crippen molar-refractivity contribution < 1.29 is 4.79 Å². The van der Waals surface area contributed by atoms with Crippen molar-refractivity contribution in [1.82, 2.24) is 15.3 Å². The van der Waals surface area contributed by atoms with Crippen LogP contribution in [0.1, 0.15) is 6.92 Å². The summed E-state index contributed by atoms with van der Waals surface area (Å²) >= 11 is 5.63. The average Bonchev–Trinajstić information content (AvgIpc) is 2.12. The van der Waals surface area contributed by atoms with E-state index in [4.69, 9.17) is 11.6 Å². The molecule has 1 saturated heterocycles. The highest BCUT2D eigenvalue weighted by Gasteiger charge is 2.28. The van der Waals surface area contributed by atoms with E-state index in [-0.39, 0.29) is 11.9 Å². The van der Waals surface area contributed by atoms with Gasteiger partial charge in [-0.3, -0.25) is 4.79 Å². The number of hydrogen-bond donors (Lipinski definition) is 1. The van der Waals surface area contributed by atoms with Gasteiger partial charge in [0.15, 0.2) is 0 Å². The number of rotatable bonds is 2. The summed E-state index contributed by atoms with van der Waals surface area (Å²) in [5.74, 6) is 0.794. The van der Waals surface area contributed by atoms with Crippen LogP contribution in [0.5, 0.6) is 0 Å². The van der Waals surface area contributed by atoms with Crippen molar-refractivity contribution in [3.63, 3.8) is 0 Å². The molecule has 0 radical (unpaired) electrons. The van der Waals surface area contributed by atoms with E-state index in [1.807, 2.05) is 4.90 Å². The van der Waals surface area contributed by atoms with Gasteiger partial charge in [0, 0.05) is 20.0 Å². The quantitative estimate of drug-likeness (QED) is 0.796. The summed E-state index contributed by atoms with van der Waals surface area (Å²) in [7, 11) is 0. The third-order valence-electron chi connectivity index (χ3n) is 2.22. The Labute approximate surface area is 92.5 Å². The first-order chi connectivity index (χ1) is 7.15. The normalized spacial score (nSPS) is 16.0. The smallest absolute Gasteiger partial charge is 0.217 e. The number of halogens is 1. The molecule has 0 unspecified atom stereocenters. The first-order valence-electron chi connectivity index (χ1n) is 4.65. The molecule has 0 atom stereocenters. The van der Waals surface area contributed by atoms with Gasteiger partial charge in [-0.2, -0.15) is 0 Å². The summed E-state index contributed by atoms with van der Waals surface area (Å²) in [5, 5.41) is 3.22. The molecule has 0 saturated carbocycles. The van der Waals surface area contributed by atoms with E-state index >= 15 is 0 Å². The second-order valence-corrected chi connectivity index (χ2v) is 3.89. The van der Waals surface area contributed by atoms with Crippen molar-refractivity contribution in [3.05, 3.63) is 17.5 Å². The standard InChI is InChI=1S/C9H11ClN4O/c1-6(15)13-7-4-14(5-7)9-3-11-8(10)2-12-9/h2-3,7H,4-5H2,1H3,(H,13,15). The molecule has 0 aromatic carbocycles. The van der Waals surface area contributed by atoms with Crippen molar-refractivity contribution in [2.75, 3.05) is 18.0 Å². The first-order valence-corrected chi connectivity index (χ1v) is 5.02. The van der Waals surface area contributed by atoms with Crippen LogP contribution in [0.2, 0.25) is 5.15 Å². The zero-order chi connectivity index (χ0) is 10.8. The fourth-order valence-corrected chi connectivity index (χ4v) is 1.61. The predicted molar refractivity (Wildman–Crippen MR) is 56.9 cm³/mol. The van der Waals surface area contributed by atoms with Gasteiger partial charge in [-0.1, -0.05) is 11.6 Å². The third-order valence-corrected chi connectivity index (χ3v) is 2.41. The van der Waals surface area contributed by atoms with Crippen LogP contribution >= 0.6 is 11.6 Å². The average molecular weight is 227 g/mol. The van der Waals surface area contributed by atoms with Crippen molar-refractivity contribution >= 4 is 23.3 Å². The Hall–Kier alpha value is -1.36. The van der Waals surface area contributed by atoms with E-state index in [0.29, 0.717) is 5.15 Å². The van der Waals surface area contributed by atoms with Crippen LogP contribution in [-0.4, -0.2) is 35.0 Å². The Morgan fingerprint density at radius 3 is 2.80 bits per heavy atom. The minimum absolute atomic E-state index is 0.00170. The van der Waals surface area contributed by atoms with Crippen molar-refractivity contribution in [3.8, 4) is 0 Å². The largest absolute Gasteiger partial charge is 0.351 e. The Morgan fingerprint density at radius 1 is 1.53 bits per heavy atom. The lowest BCUT2D eigenvalue weighted by molar-refractivity contribution is -0.119. The lowest BCUT2D eigenvalue weighted by Crippen LogP contribution is -2.59. The molecule has 5 nitrogen and oxygen atoms in total. The maximum atomic E-state index is 10.8. The van der Waals surface area contributed by atoms with Gasteiger partial charge in [0.1, 0.15) is 11.0 Å². The Morgan fingerprint density at radius 2 is 2.27 bits per heavy atom. The molecule has 2 heterocycles. The number of anilines is 1. The number of carbonyl (C=O) groups excluding carboxylic acids is 1. The second-order valence-electron chi connectivity index (χ2n) is 3.50. The van der Waals surface area contributed by atoms with E-state index in [0.717, 1.165) is 18.9 Å². The highest BCUT2D eigenvalue weighted by Crippen LogP contribution is 2.17. The van der Waals surface area contributed by atoms with Crippen LogP contribution in [0.15, 0.2) is 12.4 Å². The molecule has 0 bridgehead atoms. The zero-order valence-electron chi connectivity index (χ0n) is 8.27. The maximum Gasteiger partial charge on any atom is 0.217 e. The van der Waals surface area contributed by atoms with Crippen molar-refractivity contribution in [2.45, 2.75) is 13.0 Å². The predicted octanol–water partition coefficient (Wildman–Crippen LogP) is 0.455. The molecular weight excluding hydrogens is 216 g/mol. The number of aromatic nitrogens is 2. The Bertz CT molecular complexity index is 361. The van der Waals surface area contributed by atoms with E-state index in [1.165, 1.54) is 13.1 Å². The minimum Gasteiger partial charge on any atom is -0.351 e. The topological polar surface area (TPSA) is 58.1 Å². The number of nitrogens with one attached hydrogen (secondary N) is 1. The molecule has 1 fully saturated rings. The molecule has 1 aromatic heterocycles. The Balaban J connectivity index is 1.89. The molecule has 1 amide bonds. The van der Waals surface area contributed by atoms with Gasteiger partial charge >= 0.3 is 0 Å². The summed E-state index contributed by atoms with van der Waals surface area (Å²) in [6, 6.07) is 0.222. The molecule has 80 valence electrons. The van der Waals surface area contributed by atoms with Crippen LogP contribution in [0.3, 0.4) is 0 Å². The minimum atomic E-state index is 0.00170. The van der Waals surface area contributed by atoms with E-state index < -0.39 is 0 Å². The van der Waals surface area contributed by atoms with Gasteiger partial charge in [-0.25, -0.2) is 9.97 Å². The van der Waals surface area contributed by atoms with Gasteiger partial charge in [0.2, 0.25) is 5.91 Å². The van der Waals surface area contributed by atoms with Crippen LogP contribution in [0.4, 0.5) is 5.82 Å². The first kappa shape index (κ1) is 10.2. The molecule has 0 aliphatic carbocycles. The van der Waals surface area contributed by atoms with Crippen LogP contribution in [0.25, 0.3) is 0 Å².